The molecule has 32 heavy (non-hydrogen) atoms. The Morgan fingerprint density at radius 2 is 1.88 bits per heavy atom. The van der Waals surface area contributed by atoms with E-state index in [9.17, 15) is 8.42 Å². The summed E-state index contributed by atoms with van der Waals surface area (Å²) in [5.41, 5.74) is 2.66. The Bertz CT molecular complexity index is 1140. The van der Waals surface area contributed by atoms with Crippen molar-refractivity contribution in [3.63, 3.8) is 0 Å². The van der Waals surface area contributed by atoms with Crippen LogP contribution in [0.5, 0.6) is 0 Å². The summed E-state index contributed by atoms with van der Waals surface area (Å²) in [5.74, 6) is 2.51. The lowest BCUT2D eigenvalue weighted by atomic mass is 10.2. The van der Waals surface area contributed by atoms with Crippen molar-refractivity contribution in [2.24, 2.45) is 5.92 Å². The molecular formula is C22H31N5O3S2. The zero-order chi connectivity index (χ0) is 23.5. The number of nitrogens with zero attached hydrogens (tertiary/aromatic N) is 5. The number of thioether (sulfide) groups is 1. The molecule has 2 aromatic heterocycles. The third-order valence-corrected chi connectivity index (χ3v) is 8.27. The maximum Gasteiger partial charge on any atom is 0.243 e. The molecule has 8 nitrogen and oxygen atoms in total. The molecule has 2 heterocycles. The zero-order valence-electron chi connectivity index (χ0n) is 19.5. The molecule has 3 rings (SSSR count). The average molecular weight is 478 g/mol. The quantitative estimate of drug-likeness (QED) is 0.396. The monoisotopic (exact) mass is 477 g/mol. The molecular weight excluding hydrogens is 446 g/mol. The summed E-state index contributed by atoms with van der Waals surface area (Å²) >= 11 is 1.58. The highest BCUT2D eigenvalue weighted by Gasteiger charge is 2.23. The van der Waals surface area contributed by atoms with E-state index < -0.39 is 10.0 Å². The van der Waals surface area contributed by atoms with Gasteiger partial charge in [-0.05, 0) is 31.9 Å². The first-order valence-corrected chi connectivity index (χ1v) is 13.2. The van der Waals surface area contributed by atoms with Gasteiger partial charge in [0.05, 0.1) is 10.6 Å². The summed E-state index contributed by atoms with van der Waals surface area (Å²) in [6, 6.07) is 6.96. The highest BCUT2D eigenvalue weighted by molar-refractivity contribution is 7.98. The van der Waals surface area contributed by atoms with E-state index in [0.29, 0.717) is 30.6 Å². The normalized spacial score (nSPS) is 12.2. The molecule has 3 aromatic rings. The van der Waals surface area contributed by atoms with E-state index in [0.717, 1.165) is 34.3 Å². The number of hydrogen-bond acceptors (Lipinski definition) is 7. The molecule has 0 bridgehead atoms. The van der Waals surface area contributed by atoms with E-state index in [1.54, 1.807) is 30.0 Å². The van der Waals surface area contributed by atoms with Crippen molar-refractivity contribution in [1.29, 1.82) is 0 Å². The maximum absolute atomic E-state index is 13.0. The minimum absolute atomic E-state index is 0.266. The second kappa shape index (κ2) is 10.2. The van der Waals surface area contributed by atoms with Crippen LogP contribution >= 0.6 is 11.8 Å². The Morgan fingerprint density at radius 1 is 1.16 bits per heavy atom. The van der Waals surface area contributed by atoms with Crippen LogP contribution in [0, 0.1) is 19.8 Å². The first-order chi connectivity index (χ1) is 15.2. The predicted molar refractivity (Wildman–Crippen MR) is 126 cm³/mol. The van der Waals surface area contributed by atoms with Crippen LogP contribution in [0.4, 0.5) is 0 Å². The fraction of sp³-hybridized carbons (Fsp3) is 0.500. The van der Waals surface area contributed by atoms with E-state index >= 15 is 0 Å². The van der Waals surface area contributed by atoms with Crippen molar-refractivity contribution in [2.75, 3.05) is 13.1 Å². The van der Waals surface area contributed by atoms with Gasteiger partial charge in [-0.25, -0.2) is 8.42 Å². The van der Waals surface area contributed by atoms with Gasteiger partial charge in [-0.3, -0.25) is 0 Å². The molecule has 0 aliphatic rings. The summed E-state index contributed by atoms with van der Waals surface area (Å²) in [5, 5.41) is 13.7. The summed E-state index contributed by atoms with van der Waals surface area (Å²) in [6.07, 6.45) is 0. The van der Waals surface area contributed by atoms with Gasteiger partial charge in [0, 0.05) is 36.5 Å². The lowest BCUT2D eigenvalue weighted by Crippen LogP contribution is -2.30. The van der Waals surface area contributed by atoms with Crippen molar-refractivity contribution in [1.82, 2.24) is 24.2 Å². The summed E-state index contributed by atoms with van der Waals surface area (Å²) < 4.78 is 34.8. The minimum atomic E-state index is -3.56. The van der Waals surface area contributed by atoms with Crippen molar-refractivity contribution in [2.45, 2.75) is 63.9 Å². The first-order valence-electron chi connectivity index (χ1n) is 10.8. The number of aromatic nitrogens is 4. The molecule has 10 heteroatoms. The Morgan fingerprint density at radius 3 is 2.47 bits per heavy atom. The molecule has 0 saturated carbocycles. The SMILES string of the molecule is CCN(CC)S(=O)(=O)c1cccc(-c2nnc(SCc3c(C)noc3C)n2CC(C)C)c1. The third-order valence-electron chi connectivity index (χ3n) is 5.23. The average Bonchev–Trinajstić information content (AvgIpc) is 3.29. The summed E-state index contributed by atoms with van der Waals surface area (Å²) in [7, 11) is -3.56. The molecule has 0 aliphatic heterocycles. The molecule has 0 fully saturated rings. The van der Waals surface area contributed by atoms with Crippen LogP contribution in [-0.4, -0.2) is 45.7 Å². The van der Waals surface area contributed by atoms with Gasteiger partial charge in [0.15, 0.2) is 11.0 Å². The Hall–Kier alpha value is -2.17. The van der Waals surface area contributed by atoms with Crippen molar-refractivity contribution >= 4 is 21.8 Å². The van der Waals surface area contributed by atoms with Gasteiger partial charge in [0.1, 0.15) is 5.76 Å². The fourth-order valence-corrected chi connectivity index (χ4v) is 6.10. The number of aryl methyl sites for hydroxylation is 2. The maximum atomic E-state index is 13.0. The third kappa shape index (κ3) is 5.07. The molecule has 1 aromatic carbocycles. The smallest absolute Gasteiger partial charge is 0.243 e. The molecule has 0 saturated heterocycles. The molecule has 174 valence electrons. The van der Waals surface area contributed by atoms with E-state index in [1.807, 2.05) is 33.8 Å². The van der Waals surface area contributed by atoms with Gasteiger partial charge in [0.25, 0.3) is 0 Å². The molecule has 0 radical (unpaired) electrons. The van der Waals surface area contributed by atoms with Gasteiger partial charge in [-0.15, -0.1) is 10.2 Å². The molecule has 0 unspecified atom stereocenters. The number of rotatable bonds is 10. The Balaban J connectivity index is 1.98. The second-order valence-electron chi connectivity index (χ2n) is 8.02. The highest BCUT2D eigenvalue weighted by atomic mass is 32.2. The largest absolute Gasteiger partial charge is 0.361 e. The van der Waals surface area contributed by atoms with E-state index in [4.69, 9.17) is 4.52 Å². The summed E-state index contributed by atoms with van der Waals surface area (Å²) in [4.78, 5) is 0.266. The number of hydrogen-bond donors (Lipinski definition) is 0. The fourth-order valence-electron chi connectivity index (χ4n) is 3.49. The first kappa shape index (κ1) is 24.5. The van der Waals surface area contributed by atoms with Crippen molar-refractivity contribution < 1.29 is 12.9 Å². The molecule has 0 aliphatic carbocycles. The lowest BCUT2D eigenvalue weighted by molar-refractivity contribution is 0.392. The highest BCUT2D eigenvalue weighted by Crippen LogP contribution is 2.30. The number of sulfonamides is 1. The zero-order valence-corrected chi connectivity index (χ0v) is 21.1. The van der Waals surface area contributed by atoms with Gasteiger partial charge < -0.3 is 9.09 Å². The van der Waals surface area contributed by atoms with E-state index in [-0.39, 0.29) is 4.90 Å². The standard InChI is InChI=1S/C22H31N5O3S2/c1-7-26(8-2)32(28,29)19-11-9-10-18(12-19)21-23-24-22(27(21)13-15(3)4)31-14-20-16(5)25-30-17(20)6/h9-12,15H,7-8,13-14H2,1-6H3. The Labute approximate surface area is 194 Å². The Kier molecular flexibility index (Phi) is 7.79. The molecule has 0 spiro atoms. The van der Waals surface area contributed by atoms with E-state index in [2.05, 4.69) is 33.8 Å². The molecule has 0 amide bonds. The van der Waals surface area contributed by atoms with Crippen molar-refractivity contribution in [3.05, 3.63) is 41.3 Å². The van der Waals surface area contributed by atoms with Crippen LogP contribution in [0.25, 0.3) is 11.4 Å². The van der Waals surface area contributed by atoms with Crippen LogP contribution in [0.2, 0.25) is 0 Å². The predicted octanol–water partition coefficient (Wildman–Crippen LogP) is 4.53. The van der Waals surface area contributed by atoms with Crippen LogP contribution < -0.4 is 0 Å². The van der Waals surface area contributed by atoms with Gasteiger partial charge in [-0.1, -0.05) is 56.7 Å². The van der Waals surface area contributed by atoms with Crippen molar-refractivity contribution in [3.8, 4) is 11.4 Å². The number of benzene rings is 1. The van der Waals surface area contributed by atoms with Crippen LogP contribution in [0.15, 0.2) is 38.8 Å². The van der Waals surface area contributed by atoms with E-state index in [1.165, 1.54) is 4.31 Å². The summed E-state index contributed by atoms with van der Waals surface area (Å²) in [6.45, 7) is 13.4. The molecule has 0 atom stereocenters. The van der Waals surface area contributed by atoms with Gasteiger partial charge in [0.2, 0.25) is 10.0 Å². The minimum Gasteiger partial charge on any atom is -0.361 e. The topological polar surface area (TPSA) is 94.1 Å². The van der Waals surface area contributed by atoms with Crippen LogP contribution in [0.3, 0.4) is 0 Å². The van der Waals surface area contributed by atoms with Crippen LogP contribution in [0.1, 0.15) is 44.7 Å². The van der Waals surface area contributed by atoms with Gasteiger partial charge >= 0.3 is 0 Å². The van der Waals surface area contributed by atoms with Gasteiger partial charge in [-0.2, -0.15) is 4.31 Å². The second-order valence-corrected chi connectivity index (χ2v) is 10.9. The van der Waals surface area contributed by atoms with Crippen LogP contribution in [-0.2, 0) is 22.3 Å². The lowest BCUT2D eigenvalue weighted by Gasteiger charge is -2.19. The molecule has 0 N–H and O–H groups in total.